The van der Waals surface area contributed by atoms with Crippen LogP contribution in [0.25, 0.3) is 22.2 Å². The van der Waals surface area contributed by atoms with Gasteiger partial charge < -0.3 is 19.5 Å². The standard InChI is InChI=1S/C28H26N2O5S/c1-4-35-28(32)25-19-9-7-11-24(19)36-27(25)30-26(31)20-15-22(29-21-10-6-5-8-17(20)21)18-13-12-16(33-2)14-23(18)34-3/h5-6,8,10,12-15H,4,7,9,11H2,1-3H3,(H,30,31). The normalized spacial score (nSPS) is 12.3. The number of carbonyl (C=O) groups is 2. The molecule has 1 aliphatic rings. The molecule has 36 heavy (non-hydrogen) atoms. The molecule has 0 bridgehead atoms. The zero-order valence-corrected chi connectivity index (χ0v) is 21.2. The van der Waals surface area contributed by atoms with Gasteiger partial charge in [-0.25, -0.2) is 9.78 Å². The van der Waals surface area contributed by atoms with Gasteiger partial charge in [0.2, 0.25) is 0 Å². The highest BCUT2D eigenvalue weighted by Gasteiger charge is 2.29. The molecule has 0 saturated heterocycles. The molecule has 0 atom stereocenters. The Kier molecular flexibility index (Phi) is 6.61. The van der Waals surface area contributed by atoms with Crippen LogP contribution in [-0.2, 0) is 17.6 Å². The molecule has 0 spiro atoms. The first-order valence-corrected chi connectivity index (χ1v) is 12.6. The van der Waals surface area contributed by atoms with Gasteiger partial charge in [0.05, 0.1) is 43.2 Å². The number of aromatic nitrogens is 1. The minimum atomic E-state index is -0.393. The molecule has 4 aromatic rings. The van der Waals surface area contributed by atoms with Crippen molar-refractivity contribution in [2.24, 2.45) is 0 Å². The van der Waals surface area contributed by atoms with Crippen molar-refractivity contribution in [2.75, 3.05) is 26.1 Å². The van der Waals surface area contributed by atoms with Crippen LogP contribution in [0.2, 0.25) is 0 Å². The number of methoxy groups -OCH3 is 2. The number of amides is 1. The number of nitrogens with one attached hydrogen (secondary N) is 1. The Labute approximate surface area is 213 Å². The average Bonchev–Trinajstić information content (AvgIpc) is 3.48. The van der Waals surface area contributed by atoms with Gasteiger partial charge in [-0.1, -0.05) is 18.2 Å². The third-order valence-corrected chi connectivity index (χ3v) is 7.48. The van der Waals surface area contributed by atoms with Crippen LogP contribution in [0, 0.1) is 0 Å². The molecule has 1 amide bonds. The molecule has 2 aromatic carbocycles. The molecular formula is C28H26N2O5S. The maximum Gasteiger partial charge on any atom is 0.341 e. The second kappa shape index (κ2) is 9.99. The van der Waals surface area contributed by atoms with Crippen LogP contribution in [0.4, 0.5) is 5.00 Å². The molecule has 0 saturated carbocycles. The molecule has 0 fully saturated rings. The van der Waals surface area contributed by atoms with E-state index in [1.54, 1.807) is 33.3 Å². The number of fused-ring (bicyclic) bond motifs is 2. The summed E-state index contributed by atoms with van der Waals surface area (Å²) in [6, 6.07) is 14.7. The summed E-state index contributed by atoms with van der Waals surface area (Å²) in [5.41, 5.74) is 3.95. The zero-order chi connectivity index (χ0) is 25.2. The summed E-state index contributed by atoms with van der Waals surface area (Å²) in [5.74, 6) is 0.539. The Balaban J connectivity index is 1.59. The van der Waals surface area contributed by atoms with Gasteiger partial charge in [-0.05, 0) is 56.0 Å². The van der Waals surface area contributed by atoms with Crippen molar-refractivity contribution >= 4 is 39.1 Å². The summed E-state index contributed by atoms with van der Waals surface area (Å²) < 4.78 is 16.2. The lowest BCUT2D eigenvalue weighted by Crippen LogP contribution is -2.16. The maximum absolute atomic E-state index is 13.7. The number of benzene rings is 2. The monoisotopic (exact) mass is 502 g/mol. The number of esters is 1. The van der Waals surface area contributed by atoms with Crippen LogP contribution in [0.15, 0.2) is 48.5 Å². The second-order valence-corrected chi connectivity index (χ2v) is 9.48. The minimum Gasteiger partial charge on any atom is -0.497 e. The van der Waals surface area contributed by atoms with E-state index in [4.69, 9.17) is 19.2 Å². The smallest absolute Gasteiger partial charge is 0.341 e. The van der Waals surface area contributed by atoms with Crippen molar-refractivity contribution in [3.05, 3.63) is 70.1 Å². The lowest BCUT2D eigenvalue weighted by Gasteiger charge is -2.14. The zero-order valence-electron chi connectivity index (χ0n) is 20.3. The molecule has 0 aliphatic heterocycles. The first kappa shape index (κ1) is 23.8. The van der Waals surface area contributed by atoms with E-state index in [0.29, 0.717) is 44.2 Å². The number of ether oxygens (including phenoxy) is 3. The Bertz CT molecular complexity index is 1480. The van der Waals surface area contributed by atoms with Crippen molar-refractivity contribution in [2.45, 2.75) is 26.2 Å². The molecule has 2 heterocycles. The van der Waals surface area contributed by atoms with Gasteiger partial charge in [0.25, 0.3) is 5.91 Å². The molecule has 1 aliphatic carbocycles. The van der Waals surface area contributed by atoms with E-state index in [1.807, 2.05) is 36.4 Å². The average molecular weight is 503 g/mol. The SMILES string of the molecule is CCOC(=O)c1c(NC(=O)c2cc(-c3ccc(OC)cc3OC)nc3ccccc23)sc2c1CCC2. The summed E-state index contributed by atoms with van der Waals surface area (Å²) in [7, 11) is 3.18. The molecule has 0 unspecified atom stereocenters. The fraction of sp³-hybridized carbons (Fsp3) is 0.250. The van der Waals surface area contributed by atoms with Gasteiger partial charge in [0.15, 0.2) is 0 Å². The third-order valence-electron chi connectivity index (χ3n) is 6.27. The number of para-hydroxylation sites is 1. The van der Waals surface area contributed by atoms with E-state index < -0.39 is 5.97 Å². The predicted molar refractivity (Wildman–Crippen MR) is 141 cm³/mol. The fourth-order valence-corrected chi connectivity index (χ4v) is 5.87. The van der Waals surface area contributed by atoms with Crippen LogP contribution in [0.3, 0.4) is 0 Å². The highest BCUT2D eigenvalue weighted by molar-refractivity contribution is 7.17. The van der Waals surface area contributed by atoms with Crippen LogP contribution < -0.4 is 14.8 Å². The van der Waals surface area contributed by atoms with Gasteiger partial charge in [0.1, 0.15) is 16.5 Å². The largest absolute Gasteiger partial charge is 0.497 e. The fourth-order valence-electron chi connectivity index (χ4n) is 4.59. The van der Waals surface area contributed by atoms with E-state index >= 15 is 0 Å². The summed E-state index contributed by atoms with van der Waals surface area (Å²) in [6.07, 6.45) is 2.72. The van der Waals surface area contributed by atoms with Gasteiger partial charge in [-0.3, -0.25) is 4.79 Å². The molecule has 0 radical (unpaired) electrons. The quantitative estimate of drug-likeness (QED) is 0.317. The molecule has 2 aromatic heterocycles. The number of anilines is 1. The summed E-state index contributed by atoms with van der Waals surface area (Å²) >= 11 is 1.46. The van der Waals surface area contributed by atoms with E-state index in [-0.39, 0.29) is 12.5 Å². The summed E-state index contributed by atoms with van der Waals surface area (Å²) in [5, 5.41) is 4.26. The molecule has 8 heteroatoms. The molecular weight excluding hydrogens is 476 g/mol. The van der Waals surface area contributed by atoms with Gasteiger partial charge >= 0.3 is 5.97 Å². The van der Waals surface area contributed by atoms with Crippen molar-refractivity contribution in [1.82, 2.24) is 4.98 Å². The minimum absolute atomic E-state index is 0.277. The highest BCUT2D eigenvalue weighted by Crippen LogP contribution is 2.40. The predicted octanol–water partition coefficient (Wildman–Crippen LogP) is 5.90. The number of aryl methyl sites for hydroxylation is 1. The third kappa shape index (κ3) is 4.28. The number of hydrogen-bond donors (Lipinski definition) is 1. The number of carbonyl (C=O) groups excluding carboxylic acids is 2. The van der Waals surface area contributed by atoms with Crippen LogP contribution >= 0.6 is 11.3 Å². The number of nitrogens with zero attached hydrogens (tertiary/aromatic N) is 1. The lowest BCUT2D eigenvalue weighted by atomic mass is 10.0. The Morgan fingerprint density at radius 1 is 1.06 bits per heavy atom. The second-order valence-electron chi connectivity index (χ2n) is 8.37. The molecule has 7 nitrogen and oxygen atoms in total. The molecule has 5 rings (SSSR count). The first-order valence-electron chi connectivity index (χ1n) is 11.8. The Morgan fingerprint density at radius 3 is 2.67 bits per heavy atom. The summed E-state index contributed by atoms with van der Waals surface area (Å²) in [4.78, 5) is 32.4. The van der Waals surface area contributed by atoms with E-state index in [1.165, 1.54) is 11.3 Å². The lowest BCUT2D eigenvalue weighted by molar-refractivity contribution is 0.0527. The van der Waals surface area contributed by atoms with Crippen molar-refractivity contribution in [3.63, 3.8) is 0 Å². The summed E-state index contributed by atoms with van der Waals surface area (Å²) in [6.45, 7) is 2.06. The number of pyridine rings is 1. The Hall–Kier alpha value is -3.91. The number of rotatable bonds is 7. The van der Waals surface area contributed by atoms with Gasteiger partial charge in [-0.15, -0.1) is 11.3 Å². The van der Waals surface area contributed by atoms with Gasteiger partial charge in [0, 0.05) is 21.9 Å². The van der Waals surface area contributed by atoms with Crippen LogP contribution in [-0.4, -0.2) is 37.7 Å². The van der Waals surface area contributed by atoms with Crippen molar-refractivity contribution in [3.8, 4) is 22.8 Å². The van der Waals surface area contributed by atoms with E-state index in [0.717, 1.165) is 35.3 Å². The van der Waals surface area contributed by atoms with E-state index in [9.17, 15) is 9.59 Å². The van der Waals surface area contributed by atoms with E-state index in [2.05, 4.69) is 5.32 Å². The highest BCUT2D eigenvalue weighted by atomic mass is 32.1. The van der Waals surface area contributed by atoms with Crippen LogP contribution in [0.1, 0.15) is 44.5 Å². The molecule has 184 valence electrons. The van der Waals surface area contributed by atoms with Crippen molar-refractivity contribution < 1.29 is 23.8 Å². The Morgan fingerprint density at radius 2 is 1.89 bits per heavy atom. The van der Waals surface area contributed by atoms with Crippen molar-refractivity contribution in [1.29, 1.82) is 0 Å². The maximum atomic E-state index is 13.7. The first-order chi connectivity index (χ1) is 17.5. The number of thiophene rings is 1. The number of hydrogen-bond acceptors (Lipinski definition) is 7. The molecule has 1 N–H and O–H groups in total. The topological polar surface area (TPSA) is 86.8 Å². The van der Waals surface area contributed by atoms with Gasteiger partial charge in [-0.2, -0.15) is 0 Å². The van der Waals surface area contributed by atoms with Crippen LogP contribution in [0.5, 0.6) is 11.5 Å².